The van der Waals surface area contributed by atoms with Gasteiger partial charge in [-0.1, -0.05) is 15.9 Å². The Morgan fingerprint density at radius 1 is 1.39 bits per heavy atom. The van der Waals surface area contributed by atoms with E-state index in [2.05, 4.69) is 37.8 Å². The van der Waals surface area contributed by atoms with Crippen LogP contribution in [0.25, 0.3) is 11.0 Å². The Kier molecular flexibility index (Phi) is 5.39. The molecule has 98 valence electrons. The van der Waals surface area contributed by atoms with Gasteiger partial charge < -0.3 is 4.57 Å². The van der Waals surface area contributed by atoms with Gasteiger partial charge in [-0.15, -0.1) is 11.6 Å². The molecule has 0 fully saturated rings. The van der Waals surface area contributed by atoms with E-state index in [9.17, 15) is 0 Å². The van der Waals surface area contributed by atoms with Gasteiger partial charge in [-0.2, -0.15) is 11.8 Å². The Morgan fingerprint density at radius 3 is 2.94 bits per heavy atom. The third-order valence-electron chi connectivity index (χ3n) is 2.89. The molecule has 0 aliphatic carbocycles. The highest BCUT2D eigenvalue weighted by Crippen LogP contribution is 2.22. The summed E-state index contributed by atoms with van der Waals surface area (Å²) in [5.74, 6) is 2.65. The fourth-order valence-electron chi connectivity index (χ4n) is 2.01. The number of aromatic nitrogens is 2. The number of unbranched alkanes of at least 4 members (excludes halogenated alkanes) is 1. The number of hydrogen-bond donors (Lipinski definition) is 0. The molecule has 0 aliphatic heterocycles. The summed E-state index contributed by atoms with van der Waals surface area (Å²) in [6.45, 7) is 0.996. The summed E-state index contributed by atoms with van der Waals surface area (Å²) < 4.78 is 3.33. The van der Waals surface area contributed by atoms with Crippen LogP contribution in [0.3, 0.4) is 0 Å². The normalized spacial score (nSPS) is 11.3. The van der Waals surface area contributed by atoms with Gasteiger partial charge in [-0.05, 0) is 43.0 Å². The van der Waals surface area contributed by atoms with E-state index in [0.29, 0.717) is 5.88 Å². The van der Waals surface area contributed by atoms with Crippen LogP contribution in [0, 0.1) is 0 Å². The molecule has 0 spiro atoms. The lowest BCUT2D eigenvalue weighted by Gasteiger charge is -2.07. The predicted molar refractivity (Wildman–Crippen MR) is 84.6 cm³/mol. The topological polar surface area (TPSA) is 17.8 Å². The van der Waals surface area contributed by atoms with Gasteiger partial charge in [0.05, 0.1) is 16.9 Å². The highest BCUT2D eigenvalue weighted by Gasteiger charge is 2.09. The van der Waals surface area contributed by atoms with Gasteiger partial charge in [0.2, 0.25) is 0 Å². The number of hydrogen-bond acceptors (Lipinski definition) is 2. The van der Waals surface area contributed by atoms with E-state index in [1.165, 1.54) is 24.1 Å². The van der Waals surface area contributed by atoms with Crippen molar-refractivity contribution in [3.8, 4) is 0 Å². The standard InChI is InChI=1S/C13H16BrClN2S/c1-18-7-3-2-6-17-12-8-10(14)4-5-11(12)16-13(17)9-15/h4-5,8H,2-3,6-7,9H2,1H3. The Hall–Kier alpha value is -0.190. The molecule has 0 unspecified atom stereocenters. The highest BCUT2D eigenvalue weighted by atomic mass is 79.9. The SMILES string of the molecule is CSCCCCn1c(CCl)nc2ccc(Br)cc21. The van der Waals surface area contributed by atoms with Crippen molar-refractivity contribution in [1.82, 2.24) is 9.55 Å². The maximum atomic E-state index is 5.98. The van der Waals surface area contributed by atoms with Crippen molar-refractivity contribution in [3.05, 3.63) is 28.5 Å². The van der Waals surface area contributed by atoms with E-state index in [1.54, 1.807) is 0 Å². The minimum Gasteiger partial charge on any atom is -0.327 e. The Bertz CT molecular complexity index is 527. The Balaban J connectivity index is 2.25. The predicted octanol–water partition coefficient (Wildman–Crippen LogP) is 4.68. The van der Waals surface area contributed by atoms with E-state index in [0.717, 1.165) is 22.4 Å². The van der Waals surface area contributed by atoms with E-state index in [-0.39, 0.29) is 0 Å². The number of aryl methyl sites for hydroxylation is 1. The van der Waals surface area contributed by atoms with Crippen LogP contribution in [0.15, 0.2) is 22.7 Å². The molecule has 0 atom stereocenters. The van der Waals surface area contributed by atoms with Gasteiger partial charge in [-0.25, -0.2) is 4.98 Å². The molecule has 2 rings (SSSR count). The van der Waals surface area contributed by atoms with Crippen LogP contribution < -0.4 is 0 Å². The molecule has 0 aliphatic rings. The molecule has 1 aromatic heterocycles. The summed E-state index contributed by atoms with van der Waals surface area (Å²) in [4.78, 5) is 4.58. The average Bonchev–Trinajstić information content (AvgIpc) is 2.72. The molecule has 2 nitrogen and oxygen atoms in total. The van der Waals surface area contributed by atoms with Crippen molar-refractivity contribution in [1.29, 1.82) is 0 Å². The second kappa shape index (κ2) is 6.83. The van der Waals surface area contributed by atoms with E-state index >= 15 is 0 Å². The second-order valence-corrected chi connectivity index (χ2v) is 6.31. The largest absolute Gasteiger partial charge is 0.327 e. The van der Waals surface area contributed by atoms with Crippen molar-refractivity contribution in [2.45, 2.75) is 25.3 Å². The fraction of sp³-hybridized carbons (Fsp3) is 0.462. The number of imidazole rings is 1. The quantitative estimate of drug-likeness (QED) is 0.557. The molecule has 0 N–H and O–H groups in total. The zero-order valence-electron chi connectivity index (χ0n) is 10.3. The lowest BCUT2D eigenvalue weighted by atomic mass is 10.3. The number of nitrogens with zero attached hydrogens (tertiary/aromatic N) is 2. The van der Waals surface area contributed by atoms with Crippen LogP contribution in [-0.2, 0) is 12.4 Å². The highest BCUT2D eigenvalue weighted by molar-refractivity contribution is 9.10. The number of fused-ring (bicyclic) bond motifs is 1. The molecule has 1 aromatic carbocycles. The van der Waals surface area contributed by atoms with Gasteiger partial charge in [0, 0.05) is 11.0 Å². The fourth-order valence-corrected chi connectivity index (χ4v) is 3.06. The lowest BCUT2D eigenvalue weighted by Crippen LogP contribution is -2.03. The molecule has 5 heteroatoms. The van der Waals surface area contributed by atoms with Crippen molar-refractivity contribution in [3.63, 3.8) is 0 Å². The number of thioether (sulfide) groups is 1. The maximum absolute atomic E-state index is 5.98. The number of rotatable bonds is 6. The Labute approximate surface area is 125 Å². The molecule has 0 saturated carbocycles. The van der Waals surface area contributed by atoms with E-state index < -0.39 is 0 Å². The van der Waals surface area contributed by atoms with Gasteiger partial charge >= 0.3 is 0 Å². The first-order valence-electron chi connectivity index (χ1n) is 5.96. The maximum Gasteiger partial charge on any atom is 0.124 e. The molecule has 18 heavy (non-hydrogen) atoms. The first-order valence-corrected chi connectivity index (χ1v) is 8.68. The van der Waals surface area contributed by atoms with Crippen LogP contribution in [0.2, 0.25) is 0 Å². The van der Waals surface area contributed by atoms with E-state index in [4.69, 9.17) is 11.6 Å². The van der Waals surface area contributed by atoms with Gasteiger partial charge in [0.1, 0.15) is 5.82 Å². The molecule has 2 aromatic rings. The lowest BCUT2D eigenvalue weighted by molar-refractivity contribution is 0.631. The smallest absolute Gasteiger partial charge is 0.124 e. The summed E-state index contributed by atoms with van der Waals surface area (Å²) in [6.07, 6.45) is 4.55. The van der Waals surface area contributed by atoms with Crippen molar-refractivity contribution < 1.29 is 0 Å². The molecular formula is C13H16BrClN2S. The third kappa shape index (κ3) is 3.22. The Morgan fingerprint density at radius 2 is 2.22 bits per heavy atom. The number of halogens is 2. The van der Waals surface area contributed by atoms with Gasteiger partial charge in [-0.3, -0.25) is 0 Å². The molecule has 0 saturated heterocycles. The summed E-state index contributed by atoms with van der Waals surface area (Å²) in [5.41, 5.74) is 2.20. The molecular weight excluding hydrogens is 332 g/mol. The third-order valence-corrected chi connectivity index (χ3v) is 4.32. The molecule has 1 heterocycles. The van der Waals surface area contributed by atoms with Gasteiger partial charge in [0.15, 0.2) is 0 Å². The monoisotopic (exact) mass is 346 g/mol. The van der Waals surface area contributed by atoms with Crippen LogP contribution in [0.4, 0.5) is 0 Å². The van der Waals surface area contributed by atoms with Crippen LogP contribution >= 0.6 is 39.3 Å². The number of alkyl halides is 1. The number of benzene rings is 1. The molecule has 0 amide bonds. The van der Waals surface area contributed by atoms with Crippen LogP contribution in [-0.4, -0.2) is 21.6 Å². The minimum atomic E-state index is 0.467. The van der Waals surface area contributed by atoms with Crippen molar-refractivity contribution in [2.75, 3.05) is 12.0 Å². The summed E-state index contributed by atoms with van der Waals surface area (Å²) in [5, 5.41) is 0. The summed E-state index contributed by atoms with van der Waals surface area (Å²) in [6, 6.07) is 6.17. The zero-order valence-corrected chi connectivity index (χ0v) is 13.5. The van der Waals surface area contributed by atoms with Crippen LogP contribution in [0.1, 0.15) is 18.7 Å². The molecule has 0 radical (unpaired) electrons. The van der Waals surface area contributed by atoms with Crippen molar-refractivity contribution >= 4 is 50.3 Å². The summed E-state index contributed by atoms with van der Waals surface area (Å²) in [7, 11) is 0. The minimum absolute atomic E-state index is 0.467. The molecule has 0 bridgehead atoms. The second-order valence-electron chi connectivity index (χ2n) is 4.15. The first-order chi connectivity index (χ1) is 8.76. The first kappa shape index (κ1) is 14.2. The van der Waals surface area contributed by atoms with Gasteiger partial charge in [0.25, 0.3) is 0 Å². The summed E-state index contributed by atoms with van der Waals surface area (Å²) >= 11 is 11.4. The average molecular weight is 348 g/mol. The zero-order chi connectivity index (χ0) is 13.0. The van der Waals surface area contributed by atoms with Crippen molar-refractivity contribution in [2.24, 2.45) is 0 Å². The van der Waals surface area contributed by atoms with Crippen LogP contribution in [0.5, 0.6) is 0 Å². The van der Waals surface area contributed by atoms with E-state index in [1.807, 2.05) is 23.9 Å².